The highest BCUT2D eigenvalue weighted by Crippen LogP contribution is 2.39. The van der Waals surface area contributed by atoms with Crippen molar-refractivity contribution in [2.24, 2.45) is 5.92 Å². The Bertz CT molecular complexity index is 462. The van der Waals surface area contributed by atoms with Crippen molar-refractivity contribution in [1.29, 1.82) is 0 Å². The van der Waals surface area contributed by atoms with Gasteiger partial charge in [-0.15, -0.1) is 0 Å². The topological polar surface area (TPSA) is 39.7 Å². The third kappa shape index (κ3) is 3.62. The lowest BCUT2D eigenvalue weighted by atomic mass is 9.86. The molecule has 0 aliphatic heterocycles. The first-order chi connectivity index (χ1) is 10.2. The van der Waals surface area contributed by atoms with E-state index in [9.17, 15) is 0 Å². The second-order valence-electron chi connectivity index (χ2n) is 5.74. The zero-order valence-electron chi connectivity index (χ0n) is 13.6. The minimum atomic E-state index is 0.594. The second kappa shape index (κ2) is 7.55. The van der Waals surface area contributed by atoms with Gasteiger partial charge in [0.2, 0.25) is 5.75 Å². The van der Waals surface area contributed by atoms with E-state index >= 15 is 0 Å². The zero-order chi connectivity index (χ0) is 15.2. The van der Waals surface area contributed by atoms with Crippen molar-refractivity contribution in [2.75, 3.05) is 21.3 Å². The van der Waals surface area contributed by atoms with Gasteiger partial charge in [-0.3, -0.25) is 0 Å². The van der Waals surface area contributed by atoms with E-state index < -0.39 is 0 Å². The molecule has 0 aromatic heterocycles. The van der Waals surface area contributed by atoms with Crippen molar-refractivity contribution in [1.82, 2.24) is 5.32 Å². The van der Waals surface area contributed by atoms with E-state index in [0.717, 1.165) is 23.8 Å². The lowest BCUT2D eigenvalue weighted by molar-refractivity contribution is 0.276. The van der Waals surface area contributed by atoms with Crippen LogP contribution in [0, 0.1) is 5.92 Å². The fourth-order valence-corrected chi connectivity index (χ4v) is 3.16. The van der Waals surface area contributed by atoms with Gasteiger partial charge < -0.3 is 19.5 Å². The van der Waals surface area contributed by atoms with E-state index in [1.807, 2.05) is 12.1 Å². The average molecular weight is 293 g/mol. The lowest BCUT2D eigenvalue weighted by Gasteiger charge is -2.30. The molecule has 0 spiro atoms. The molecule has 2 unspecified atom stereocenters. The minimum Gasteiger partial charge on any atom is -0.493 e. The largest absolute Gasteiger partial charge is 0.493 e. The molecule has 4 nitrogen and oxygen atoms in total. The van der Waals surface area contributed by atoms with Gasteiger partial charge in [-0.05, 0) is 24.8 Å². The van der Waals surface area contributed by atoms with Gasteiger partial charge in [0.15, 0.2) is 11.5 Å². The summed E-state index contributed by atoms with van der Waals surface area (Å²) in [5.74, 6) is 2.86. The third-order valence-electron chi connectivity index (χ3n) is 4.45. The predicted octanol–water partition coefficient (Wildman–Crippen LogP) is 3.38. The van der Waals surface area contributed by atoms with Crippen LogP contribution < -0.4 is 19.5 Å². The lowest BCUT2D eigenvalue weighted by Crippen LogP contribution is -2.36. The number of methoxy groups -OCH3 is 3. The minimum absolute atomic E-state index is 0.594. The summed E-state index contributed by atoms with van der Waals surface area (Å²) in [6, 6.07) is 4.57. The summed E-state index contributed by atoms with van der Waals surface area (Å²) >= 11 is 0. The summed E-state index contributed by atoms with van der Waals surface area (Å²) in [5.41, 5.74) is 1.10. The van der Waals surface area contributed by atoms with Crippen molar-refractivity contribution < 1.29 is 14.2 Å². The summed E-state index contributed by atoms with van der Waals surface area (Å²) in [5, 5.41) is 3.67. The Morgan fingerprint density at radius 2 is 1.71 bits per heavy atom. The van der Waals surface area contributed by atoms with Gasteiger partial charge in [-0.1, -0.05) is 25.8 Å². The first-order valence-corrected chi connectivity index (χ1v) is 7.72. The van der Waals surface area contributed by atoms with Crippen molar-refractivity contribution in [3.8, 4) is 17.2 Å². The maximum absolute atomic E-state index is 5.53. The molecule has 2 rings (SSSR count). The molecule has 4 heteroatoms. The molecular formula is C17H27NO3. The van der Waals surface area contributed by atoms with Crippen molar-refractivity contribution in [3.63, 3.8) is 0 Å². The fourth-order valence-electron chi connectivity index (χ4n) is 3.16. The van der Waals surface area contributed by atoms with E-state index in [4.69, 9.17) is 14.2 Å². The van der Waals surface area contributed by atoms with Gasteiger partial charge in [0.25, 0.3) is 0 Å². The van der Waals surface area contributed by atoms with Crippen molar-refractivity contribution >= 4 is 0 Å². The number of ether oxygens (including phenoxy) is 3. The summed E-state index contributed by atoms with van der Waals surface area (Å²) < 4.78 is 16.3. The van der Waals surface area contributed by atoms with Crippen LogP contribution in [-0.2, 0) is 6.54 Å². The summed E-state index contributed by atoms with van der Waals surface area (Å²) in [7, 11) is 4.95. The normalized spacial score (nSPS) is 21.9. The number of hydrogen-bond donors (Lipinski definition) is 1. The predicted molar refractivity (Wildman–Crippen MR) is 84.4 cm³/mol. The molecule has 0 radical (unpaired) electrons. The third-order valence-corrected chi connectivity index (χ3v) is 4.45. The van der Waals surface area contributed by atoms with Crippen LogP contribution in [0.5, 0.6) is 17.2 Å². The number of nitrogens with one attached hydrogen (secondary N) is 1. The van der Waals surface area contributed by atoms with Crippen LogP contribution >= 0.6 is 0 Å². The molecule has 1 N–H and O–H groups in total. The first kappa shape index (κ1) is 16.0. The molecular weight excluding hydrogens is 266 g/mol. The Balaban J connectivity index is 2.12. The molecule has 0 bridgehead atoms. The molecule has 118 valence electrons. The summed E-state index contributed by atoms with van der Waals surface area (Å²) in [6.45, 7) is 3.13. The Morgan fingerprint density at radius 3 is 2.33 bits per heavy atom. The van der Waals surface area contributed by atoms with Crippen LogP contribution in [0.4, 0.5) is 0 Å². The van der Waals surface area contributed by atoms with Crippen molar-refractivity contribution in [2.45, 2.75) is 45.2 Å². The van der Waals surface area contributed by atoms with Gasteiger partial charge in [-0.2, -0.15) is 0 Å². The summed E-state index contributed by atoms with van der Waals surface area (Å²) in [6.07, 6.45) is 5.27. The van der Waals surface area contributed by atoms with E-state index in [1.54, 1.807) is 21.3 Å². The van der Waals surface area contributed by atoms with Crippen LogP contribution in [0.2, 0.25) is 0 Å². The molecule has 1 aliphatic rings. The average Bonchev–Trinajstić information content (AvgIpc) is 2.52. The van der Waals surface area contributed by atoms with Gasteiger partial charge in [0.1, 0.15) is 0 Å². The highest BCUT2D eigenvalue weighted by atomic mass is 16.5. The Morgan fingerprint density at radius 1 is 1.00 bits per heavy atom. The molecule has 1 aromatic carbocycles. The second-order valence-corrected chi connectivity index (χ2v) is 5.74. The van der Waals surface area contributed by atoms with E-state index in [0.29, 0.717) is 17.5 Å². The molecule has 0 amide bonds. The Hall–Kier alpha value is -1.42. The number of benzene rings is 1. The Labute approximate surface area is 127 Å². The maximum Gasteiger partial charge on any atom is 0.203 e. The quantitative estimate of drug-likeness (QED) is 0.873. The SMILES string of the molecule is COc1ccc(CNC2CCCCC2C)c(OC)c1OC. The van der Waals surface area contributed by atoms with Crippen LogP contribution in [-0.4, -0.2) is 27.4 Å². The smallest absolute Gasteiger partial charge is 0.203 e. The highest BCUT2D eigenvalue weighted by molar-refractivity contribution is 5.55. The molecule has 1 fully saturated rings. The van der Waals surface area contributed by atoms with Gasteiger partial charge in [0.05, 0.1) is 21.3 Å². The van der Waals surface area contributed by atoms with Crippen LogP contribution in [0.1, 0.15) is 38.2 Å². The maximum atomic E-state index is 5.53. The zero-order valence-corrected chi connectivity index (χ0v) is 13.6. The molecule has 1 aromatic rings. The van der Waals surface area contributed by atoms with Crippen LogP contribution in [0.3, 0.4) is 0 Å². The summed E-state index contributed by atoms with van der Waals surface area (Å²) in [4.78, 5) is 0. The Kier molecular flexibility index (Phi) is 5.74. The fraction of sp³-hybridized carbons (Fsp3) is 0.647. The molecule has 1 aliphatic carbocycles. The number of rotatable bonds is 6. The van der Waals surface area contributed by atoms with Gasteiger partial charge in [-0.25, -0.2) is 0 Å². The van der Waals surface area contributed by atoms with Crippen molar-refractivity contribution in [3.05, 3.63) is 17.7 Å². The monoisotopic (exact) mass is 293 g/mol. The number of hydrogen-bond acceptors (Lipinski definition) is 4. The highest BCUT2D eigenvalue weighted by Gasteiger charge is 2.22. The molecule has 0 heterocycles. The van der Waals surface area contributed by atoms with Gasteiger partial charge in [0, 0.05) is 18.2 Å². The molecule has 1 saturated carbocycles. The molecule has 21 heavy (non-hydrogen) atoms. The van der Waals surface area contributed by atoms with E-state index in [2.05, 4.69) is 12.2 Å². The van der Waals surface area contributed by atoms with Gasteiger partial charge >= 0.3 is 0 Å². The molecule has 2 atom stereocenters. The van der Waals surface area contributed by atoms with E-state index in [-0.39, 0.29) is 0 Å². The van der Waals surface area contributed by atoms with Crippen LogP contribution in [0.15, 0.2) is 12.1 Å². The molecule has 0 saturated heterocycles. The van der Waals surface area contributed by atoms with E-state index in [1.165, 1.54) is 25.7 Å². The first-order valence-electron chi connectivity index (χ1n) is 7.72. The standard InChI is InChI=1S/C17H27NO3/c1-12-7-5-6-8-14(12)18-11-13-9-10-15(19-2)17(21-4)16(13)20-3/h9-10,12,14,18H,5-8,11H2,1-4H3. The van der Waals surface area contributed by atoms with Crippen LogP contribution in [0.25, 0.3) is 0 Å².